The summed E-state index contributed by atoms with van der Waals surface area (Å²) in [5.74, 6) is 0.675. The lowest BCUT2D eigenvalue weighted by Gasteiger charge is -2.32. The highest BCUT2D eigenvalue weighted by Gasteiger charge is 2.44. The van der Waals surface area contributed by atoms with Crippen LogP contribution in [-0.4, -0.2) is 28.2 Å². The first-order chi connectivity index (χ1) is 8.75. The minimum Gasteiger partial charge on any atom is -0.377 e. The maximum atomic E-state index is 9.26. The summed E-state index contributed by atoms with van der Waals surface area (Å²) < 4.78 is 5.14. The molecule has 1 saturated heterocycles. The van der Waals surface area contributed by atoms with Crippen LogP contribution in [0.2, 0.25) is 0 Å². The largest absolute Gasteiger partial charge is 0.377 e. The molecule has 18 heavy (non-hydrogen) atoms. The Bertz CT molecular complexity index is 608. The molecule has 90 valence electrons. The molecule has 1 fully saturated rings. The van der Waals surface area contributed by atoms with Crippen LogP contribution in [0.4, 0.5) is 0 Å². The van der Waals surface area contributed by atoms with Crippen molar-refractivity contribution in [1.82, 2.24) is 15.0 Å². The van der Waals surface area contributed by atoms with Crippen LogP contribution in [0.5, 0.6) is 0 Å². The quantitative estimate of drug-likeness (QED) is 0.864. The van der Waals surface area contributed by atoms with Crippen LogP contribution in [0.1, 0.15) is 11.5 Å². The van der Waals surface area contributed by atoms with Gasteiger partial charge in [0.25, 0.3) is 0 Å². The van der Waals surface area contributed by atoms with Gasteiger partial charge < -0.3 is 9.72 Å². The van der Waals surface area contributed by atoms with Crippen molar-refractivity contribution in [3.8, 4) is 17.5 Å². The molecule has 5 heteroatoms. The van der Waals surface area contributed by atoms with Gasteiger partial charge in [0.05, 0.1) is 25.0 Å². The highest BCUT2D eigenvalue weighted by Crippen LogP contribution is 2.32. The molecule has 0 saturated carbocycles. The second kappa shape index (κ2) is 3.93. The lowest BCUT2D eigenvalue weighted by molar-refractivity contribution is -0.0335. The number of H-pyrrole nitrogens is 1. The topological polar surface area (TPSA) is 74.6 Å². The fourth-order valence-electron chi connectivity index (χ4n) is 2.00. The monoisotopic (exact) mass is 240 g/mol. The number of aromatic nitrogens is 3. The lowest BCUT2D eigenvalue weighted by atomic mass is 9.87. The molecule has 0 aromatic carbocycles. The predicted molar refractivity (Wildman–Crippen MR) is 64.7 cm³/mol. The SMILES string of the molecule is Cc1[nH]c(C2(C#N)COC2)nc1-c1ccccn1. The number of rotatable bonds is 2. The van der Waals surface area contributed by atoms with Crippen molar-refractivity contribution in [1.29, 1.82) is 5.26 Å². The molecule has 1 aliphatic rings. The summed E-state index contributed by atoms with van der Waals surface area (Å²) in [5, 5.41) is 9.26. The van der Waals surface area contributed by atoms with Gasteiger partial charge in [0.2, 0.25) is 0 Å². The van der Waals surface area contributed by atoms with Crippen LogP contribution in [0.3, 0.4) is 0 Å². The van der Waals surface area contributed by atoms with E-state index in [4.69, 9.17) is 4.74 Å². The zero-order valence-electron chi connectivity index (χ0n) is 9.97. The Kier molecular flexibility index (Phi) is 2.39. The molecule has 0 aliphatic carbocycles. The van der Waals surface area contributed by atoms with Gasteiger partial charge in [0.15, 0.2) is 5.41 Å². The minimum atomic E-state index is -0.613. The number of nitrogens with one attached hydrogen (secondary N) is 1. The second-order valence-electron chi connectivity index (χ2n) is 4.46. The average molecular weight is 240 g/mol. The summed E-state index contributed by atoms with van der Waals surface area (Å²) in [5.41, 5.74) is 1.92. The maximum absolute atomic E-state index is 9.26. The molecule has 0 unspecified atom stereocenters. The highest BCUT2D eigenvalue weighted by molar-refractivity contribution is 5.57. The molecule has 0 amide bonds. The Morgan fingerprint density at radius 2 is 2.28 bits per heavy atom. The Balaban J connectivity index is 2.05. The molecule has 3 heterocycles. The van der Waals surface area contributed by atoms with Crippen molar-refractivity contribution in [2.75, 3.05) is 13.2 Å². The Morgan fingerprint density at radius 1 is 1.44 bits per heavy atom. The number of imidazole rings is 1. The first kappa shape index (κ1) is 10.9. The molecule has 0 spiro atoms. The zero-order chi connectivity index (χ0) is 12.6. The number of nitrogens with zero attached hydrogens (tertiary/aromatic N) is 3. The molecule has 0 bridgehead atoms. The molecule has 0 atom stereocenters. The van der Waals surface area contributed by atoms with Gasteiger partial charge in [-0.25, -0.2) is 4.98 Å². The van der Waals surface area contributed by atoms with Crippen molar-refractivity contribution in [3.63, 3.8) is 0 Å². The predicted octanol–water partition coefficient (Wildman–Crippen LogP) is 1.57. The summed E-state index contributed by atoms with van der Waals surface area (Å²) in [6, 6.07) is 7.97. The molecule has 1 aliphatic heterocycles. The van der Waals surface area contributed by atoms with E-state index in [-0.39, 0.29) is 0 Å². The molecule has 0 radical (unpaired) electrons. The summed E-state index contributed by atoms with van der Waals surface area (Å²) >= 11 is 0. The fourth-order valence-corrected chi connectivity index (χ4v) is 2.00. The zero-order valence-corrected chi connectivity index (χ0v) is 9.97. The first-order valence-electron chi connectivity index (χ1n) is 5.73. The average Bonchev–Trinajstić information content (AvgIpc) is 2.72. The number of nitriles is 1. The van der Waals surface area contributed by atoms with E-state index in [9.17, 15) is 5.26 Å². The molecular weight excluding hydrogens is 228 g/mol. The van der Waals surface area contributed by atoms with Crippen LogP contribution in [0.25, 0.3) is 11.4 Å². The van der Waals surface area contributed by atoms with Crippen LogP contribution < -0.4 is 0 Å². The van der Waals surface area contributed by atoms with Crippen molar-refractivity contribution in [3.05, 3.63) is 35.9 Å². The molecular formula is C13H12N4O. The van der Waals surface area contributed by atoms with Crippen LogP contribution in [-0.2, 0) is 10.2 Å². The van der Waals surface area contributed by atoms with Gasteiger partial charge in [0, 0.05) is 11.9 Å². The van der Waals surface area contributed by atoms with E-state index in [0.29, 0.717) is 19.0 Å². The molecule has 5 nitrogen and oxygen atoms in total. The van der Waals surface area contributed by atoms with Gasteiger partial charge >= 0.3 is 0 Å². The third-order valence-electron chi connectivity index (χ3n) is 3.16. The van der Waals surface area contributed by atoms with Gasteiger partial charge in [-0.3, -0.25) is 4.98 Å². The van der Waals surface area contributed by atoms with Crippen molar-refractivity contribution in [2.24, 2.45) is 0 Å². The first-order valence-corrected chi connectivity index (χ1v) is 5.73. The third-order valence-corrected chi connectivity index (χ3v) is 3.16. The third kappa shape index (κ3) is 1.50. The molecule has 1 N–H and O–H groups in total. The van der Waals surface area contributed by atoms with E-state index >= 15 is 0 Å². The highest BCUT2D eigenvalue weighted by atomic mass is 16.5. The van der Waals surface area contributed by atoms with Gasteiger partial charge in [-0.15, -0.1) is 0 Å². The van der Waals surface area contributed by atoms with Gasteiger partial charge in [-0.1, -0.05) is 6.07 Å². The van der Waals surface area contributed by atoms with Crippen LogP contribution >= 0.6 is 0 Å². The normalized spacial score (nSPS) is 16.9. The minimum absolute atomic E-state index is 0.401. The number of pyridine rings is 1. The molecule has 2 aromatic heterocycles. The standard InChI is InChI=1S/C13H12N4O/c1-9-11(10-4-2-3-5-15-10)17-12(16-9)13(6-14)7-18-8-13/h2-5H,7-8H2,1H3,(H,16,17). The smallest absolute Gasteiger partial charge is 0.161 e. The maximum Gasteiger partial charge on any atom is 0.161 e. The fraction of sp³-hybridized carbons (Fsp3) is 0.308. The van der Waals surface area contributed by atoms with Crippen LogP contribution in [0, 0.1) is 18.3 Å². The number of hydrogen-bond acceptors (Lipinski definition) is 4. The lowest BCUT2D eigenvalue weighted by Crippen LogP contribution is -2.46. The number of aromatic amines is 1. The van der Waals surface area contributed by atoms with Crippen molar-refractivity contribution in [2.45, 2.75) is 12.3 Å². The number of hydrogen-bond donors (Lipinski definition) is 1. The van der Waals surface area contributed by atoms with E-state index in [2.05, 4.69) is 21.0 Å². The second-order valence-corrected chi connectivity index (χ2v) is 4.46. The summed E-state index contributed by atoms with van der Waals surface area (Å²) in [7, 11) is 0. The van der Waals surface area contributed by atoms with Gasteiger partial charge in [-0.2, -0.15) is 5.26 Å². The number of aryl methyl sites for hydroxylation is 1. The molecule has 3 rings (SSSR count). The van der Waals surface area contributed by atoms with E-state index in [1.807, 2.05) is 25.1 Å². The van der Waals surface area contributed by atoms with E-state index in [1.165, 1.54) is 0 Å². The van der Waals surface area contributed by atoms with Crippen LogP contribution in [0.15, 0.2) is 24.4 Å². The van der Waals surface area contributed by atoms with E-state index in [1.54, 1.807) is 6.20 Å². The molecule has 2 aromatic rings. The summed E-state index contributed by atoms with van der Waals surface area (Å²) in [6.07, 6.45) is 1.73. The van der Waals surface area contributed by atoms with Gasteiger partial charge in [0.1, 0.15) is 11.5 Å². The Morgan fingerprint density at radius 3 is 2.83 bits per heavy atom. The number of ether oxygens (including phenoxy) is 1. The van der Waals surface area contributed by atoms with E-state index in [0.717, 1.165) is 17.1 Å². The van der Waals surface area contributed by atoms with E-state index < -0.39 is 5.41 Å². The van der Waals surface area contributed by atoms with Crippen molar-refractivity contribution < 1.29 is 4.74 Å². The Labute approximate surface area is 104 Å². The van der Waals surface area contributed by atoms with Crippen molar-refractivity contribution >= 4 is 0 Å². The van der Waals surface area contributed by atoms with Gasteiger partial charge in [-0.05, 0) is 19.1 Å². The summed E-state index contributed by atoms with van der Waals surface area (Å²) in [6.45, 7) is 2.74. The summed E-state index contributed by atoms with van der Waals surface area (Å²) in [4.78, 5) is 12.0. The Hall–Kier alpha value is -2.19.